The molecule has 2 aliphatic heterocycles. The number of piperidine rings is 1. The van der Waals surface area contributed by atoms with Crippen LogP contribution >= 0.6 is 15.9 Å². The highest BCUT2D eigenvalue weighted by atomic mass is 79.9. The summed E-state index contributed by atoms with van der Waals surface area (Å²) in [5, 5.41) is 0. The molecule has 21 heavy (non-hydrogen) atoms. The lowest BCUT2D eigenvalue weighted by Crippen LogP contribution is -2.51. The molecule has 1 aromatic carbocycles. The van der Waals surface area contributed by atoms with Crippen molar-refractivity contribution in [3.8, 4) is 11.5 Å². The van der Waals surface area contributed by atoms with E-state index in [1.54, 1.807) is 4.90 Å². The van der Waals surface area contributed by atoms with Gasteiger partial charge in [0.15, 0.2) is 17.3 Å². The van der Waals surface area contributed by atoms with Gasteiger partial charge in [0.05, 0.1) is 5.56 Å². The van der Waals surface area contributed by atoms with Crippen molar-refractivity contribution in [1.82, 2.24) is 4.90 Å². The number of amides is 1. The van der Waals surface area contributed by atoms with Crippen molar-refractivity contribution in [2.75, 3.05) is 13.3 Å². The van der Waals surface area contributed by atoms with Gasteiger partial charge in [0.25, 0.3) is 0 Å². The summed E-state index contributed by atoms with van der Waals surface area (Å²) < 4.78 is 11.8. The molecule has 110 valence electrons. The Bertz CT molecular complexity index is 645. The molecule has 0 radical (unpaired) electrons. The quantitative estimate of drug-likeness (QED) is 0.727. The average Bonchev–Trinajstić information content (AvgIpc) is 2.95. The van der Waals surface area contributed by atoms with Gasteiger partial charge in [0.2, 0.25) is 13.2 Å². The third-order valence-electron chi connectivity index (χ3n) is 4.67. The number of halogens is 1. The van der Waals surface area contributed by atoms with E-state index in [4.69, 9.17) is 9.47 Å². The van der Waals surface area contributed by atoms with E-state index in [9.17, 15) is 9.59 Å². The lowest BCUT2D eigenvalue weighted by atomic mass is 9.74. The molecule has 0 aromatic heterocycles. The van der Waals surface area contributed by atoms with Crippen molar-refractivity contribution in [3.63, 3.8) is 0 Å². The first-order valence-electron chi connectivity index (χ1n) is 7.07. The van der Waals surface area contributed by atoms with Crippen molar-refractivity contribution in [3.05, 3.63) is 21.7 Å². The molecule has 2 heterocycles. The average molecular weight is 352 g/mol. The first-order valence-corrected chi connectivity index (χ1v) is 7.86. The van der Waals surface area contributed by atoms with E-state index < -0.39 is 0 Å². The predicted octanol–water partition coefficient (Wildman–Crippen LogP) is 2.15. The molecule has 1 saturated heterocycles. The first kappa shape index (κ1) is 13.1. The Kier molecular flexibility index (Phi) is 2.96. The molecule has 0 saturated carbocycles. The van der Waals surface area contributed by atoms with E-state index >= 15 is 0 Å². The molecule has 4 rings (SSSR count). The molecular weight excluding hydrogens is 338 g/mol. The number of carbonyl (C=O) groups is 2. The molecule has 2 atom stereocenters. The Labute approximate surface area is 130 Å². The van der Waals surface area contributed by atoms with Crippen LogP contribution in [0.15, 0.2) is 10.5 Å². The van der Waals surface area contributed by atoms with E-state index in [0.29, 0.717) is 23.5 Å². The van der Waals surface area contributed by atoms with Crippen molar-refractivity contribution in [2.45, 2.75) is 25.3 Å². The topological polar surface area (TPSA) is 55.8 Å². The van der Waals surface area contributed by atoms with Crippen LogP contribution in [0.1, 0.15) is 28.8 Å². The van der Waals surface area contributed by atoms with Crippen LogP contribution in [-0.4, -0.2) is 36.5 Å². The predicted molar refractivity (Wildman–Crippen MR) is 77.6 cm³/mol. The largest absolute Gasteiger partial charge is 0.454 e. The number of ether oxygens (including phenoxy) is 2. The Hall–Kier alpha value is -1.56. The highest BCUT2D eigenvalue weighted by Gasteiger charge is 2.44. The highest BCUT2D eigenvalue weighted by molar-refractivity contribution is 9.10. The standard InChI is InChI=1S/C15H14BrNO4/c16-10-5-12-15(21-7-20-12)13-9(10)4-11-8(14(13)19)2-1-3-17(11)6-18/h5-6,8,11H,1-4,7H2. The second-order valence-corrected chi connectivity index (χ2v) is 6.53. The molecule has 6 heteroatoms. The van der Waals surface area contributed by atoms with Crippen molar-refractivity contribution in [2.24, 2.45) is 5.92 Å². The van der Waals surface area contributed by atoms with Crippen LogP contribution in [0.25, 0.3) is 0 Å². The first-order chi connectivity index (χ1) is 10.2. The van der Waals surface area contributed by atoms with Gasteiger partial charge in [-0.3, -0.25) is 9.59 Å². The molecule has 1 aromatic rings. The second kappa shape index (κ2) is 4.73. The number of ketones is 1. The number of likely N-dealkylation sites (tertiary alicyclic amines) is 1. The van der Waals surface area contributed by atoms with Gasteiger partial charge in [-0.2, -0.15) is 0 Å². The van der Waals surface area contributed by atoms with E-state index in [1.807, 2.05) is 6.07 Å². The third-order valence-corrected chi connectivity index (χ3v) is 5.38. The van der Waals surface area contributed by atoms with Gasteiger partial charge in [0.1, 0.15) is 0 Å². The summed E-state index contributed by atoms with van der Waals surface area (Å²) in [4.78, 5) is 26.0. The summed E-state index contributed by atoms with van der Waals surface area (Å²) in [6, 6.07) is 1.82. The van der Waals surface area contributed by atoms with Gasteiger partial charge in [-0.25, -0.2) is 0 Å². The maximum atomic E-state index is 12.9. The summed E-state index contributed by atoms with van der Waals surface area (Å²) in [7, 11) is 0. The minimum Gasteiger partial charge on any atom is -0.454 e. The number of Topliss-reactive ketones (excluding diaryl/α,β-unsaturated/α-hetero) is 1. The molecule has 2 unspecified atom stereocenters. The molecule has 0 spiro atoms. The second-order valence-electron chi connectivity index (χ2n) is 5.67. The van der Waals surface area contributed by atoms with Gasteiger partial charge in [-0.05, 0) is 30.9 Å². The Morgan fingerprint density at radius 3 is 3.05 bits per heavy atom. The third kappa shape index (κ3) is 1.81. The molecular formula is C15H14BrNO4. The maximum absolute atomic E-state index is 12.9. The maximum Gasteiger partial charge on any atom is 0.231 e. The SMILES string of the molecule is O=CN1CCCC2C(=O)c3c(c(Br)cc4c3OCO4)CC21. The van der Waals surface area contributed by atoms with Crippen molar-refractivity contribution < 1.29 is 19.1 Å². The van der Waals surface area contributed by atoms with Gasteiger partial charge in [0, 0.05) is 23.0 Å². The normalized spacial score (nSPS) is 26.3. The zero-order valence-corrected chi connectivity index (χ0v) is 12.9. The molecule has 0 N–H and O–H groups in total. The zero-order valence-electron chi connectivity index (χ0n) is 11.3. The summed E-state index contributed by atoms with van der Waals surface area (Å²) in [6.07, 6.45) is 3.25. The lowest BCUT2D eigenvalue weighted by Gasteiger charge is -2.42. The fourth-order valence-corrected chi connectivity index (χ4v) is 4.25. The van der Waals surface area contributed by atoms with Crippen LogP contribution < -0.4 is 9.47 Å². The number of hydrogen-bond donors (Lipinski definition) is 0. The smallest absolute Gasteiger partial charge is 0.231 e. The van der Waals surface area contributed by atoms with Crippen LogP contribution in [0.4, 0.5) is 0 Å². The van der Waals surface area contributed by atoms with Gasteiger partial charge in [-0.15, -0.1) is 0 Å². The van der Waals surface area contributed by atoms with Crippen molar-refractivity contribution >= 4 is 28.1 Å². The Morgan fingerprint density at radius 1 is 1.38 bits per heavy atom. The van der Waals surface area contributed by atoms with Crippen LogP contribution in [0.2, 0.25) is 0 Å². The monoisotopic (exact) mass is 351 g/mol. The number of nitrogens with zero attached hydrogens (tertiary/aromatic N) is 1. The van der Waals surface area contributed by atoms with E-state index in [-0.39, 0.29) is 24.5 Å². The number of rotatable bonds is 1. The number of carbonyl (C=O) groups excluding carboxylic acids is 2. The summed E-state index contributed by atoms with van der Waals surface area (Å²) in [5.74, 6) is 1.14. The molecule has 3 aliphatic rings. The summed E-state index contributed by atoms with van der Waals surface area (Å²) in [6.45, 7) is 0.884. The molecule has 1 amide bonds. The summed E-state index contributed by atoms with van der Waals surface area (Å²) in [5.41, 5.74) is 1.57. The number of fused-ring (bicyclic) bond motifs is 4. The van der Waals surface area contributed by atoms with Crippen LogP contribution in [0.3, 0.4) is 0 Å². The molecule has 1 aliphatic carbocycles. The molecule has 0 bridgehead atoms. The van der Waals surface area contributed by atoms with E-state index in [1.165, 1.54) is 0 Å². The Morgan fingerprint density at radius 2 is 2.24 bits per heavy atom. The molecule has 5 nitrogen and oxygen atoms in total. The fourth-order valence-electron chi connectivity index (χ4n) is 3.68. The molecule has 1 fully saturated rings. The fraction of sp³-hybridized carbons (Fsp3) is 0.467. The van der Waals surface area contributed by atoms with Gasteiger partial charge < -0.3 is 14.4 Å². The van der Waals surface area contributed by atoms with Gasteiger partial charge >= 0.3 is 0 Å². The number of hydrogen-bond acceptors (Lipinski definition) is 4. The minimum absolute atomic E-state index is 0.0343. The zero-order chi connectivity index (χ0) is 14.6. The van der Waals surface area contributed by atoms with Gasteiger partial charge in [-0.1, -0.05) is 15.9 Å². The van der Waals surface area contributed by atoms with E-state index in [0.717, 1.165) is 35.8 Å². The lowest BCUT2D eigenvalue weighted by molar-refractivity contribution is -0.122. The van der Waals surface area contributed by atoms with Crippen LogP contribution in [-0.2, 0) is 11.2 Å². The van der Waals surface area contributed by atoms with Crippen LogP contribution in [0, 0.1) is 5.92 Å². The Balaban J connectivity index is 1.86. The number of benzene rings is 1. The van der Waals surface area contributed by atoms with Crippen LogP contribution in [0.5, 0.6) is 11.5 Å². The van der Waals surface area contributed by atoms with Crippen molar-refractivity contribution in [1.29, 1.82) is 0 Å². The summed E-state index contributed by atoms with van der Waals surface area (Å²) >= 11 is 3.53. The highest BCUT2D eigenvalue weighted by Crippen LogP contribution is 2.47. The van der Waals surface area contributed by atoms with E-state index in [2.05, 4.69) is 15.9 Å². The minimum atomic E-state index is -0.126.